The molecule has 1 aromatic carbocycles. The summed E-state index contributed by atoms with van der Waals surface area (Å²) >= 11 is 2.92. The fourth-order valence-corrected chi connectivity index (χ4v) is 1.90. The third-order valence-corrected chi connectivity index (χ3v) is 2.92. The Labute approximate surface area is 122 Å². The maximum Gasteiger partial charge on any atom is 0.379 e. The minimum Gasteiger partial charge on any atom is -0.462 e. The van der Waals surface area contributed by atoms with Crippen molar-refractivity contribution in [3.05, 3.63) is 34.1 Å². The van der Waals surface area contributed by atoms with Gasteiger partial charge in [-0.15, -0.1) is 12.4 Å². The van der Waals surface area contributed by atoms with Crippen molar-refractivity contribution in [2.75, 3.05) is 6.61 Å². The van der Waals surface area contributed by atoms with E-state index in [-0.39, 0.29) is 29.1 Å². The molecule has 3 nitrogen and oxygen atoms in total. The van der Waals surface area contributed by atoms with Crippen LogP contribution in [0.4, 0.5) is 13.2 Å². The van der Waals surface area contributed by atoms with E-state index in [1.165, 1.54) is 6.92 Å². The summed E-state index contributed by atoms with van der Waals surface area (Å²) in [6.45, 7) is 1.24. The van der Waals surface area contributed by atoms with Gasteiger partial charge in [0, 0.05) is 4.47 Å². The summed E-state index contributed by atoms with van der Waals surface area (Å²) < 4.78 is 44.5. The van der Waals surface area contributed by atoms with E-state index in [1.54, 1.807) is 0 Å². The molecule has 0 amide bonds. The van der Waals surface area contributed by atoms with Crippen LogP contribution in [0, 0.1) is 5.82 Å². The molecule has 0 radical (unpaired) electrons. The van der Waals surface area contributed by atoms with Crippen LogP contribution in [-0.4, -0.2) is 18.5 Å². The van der Waals surface area contributed by atoms with Crippen LogP contribution in [0.1, 0.15) is 18.5 Å². The SMILES string of the molecule is CCOC(=O)C(F)(F)[C@@H](N)c1ccc(F)cc1Br.Cl. The Hall–Kier alpha value is -0.790. The average molecular weight is 363 g/mol. The van der Waals surface area contributed by atoms with Gasteiger partial charge in [-0.3, -0.25) is 0 Å². The van der Waals surface area contributed by atoms with E-state index in [2.05, 4.69) is 20.7 Å². The predicted octanol–water partition coefficient (Wildman–Crippen LogP) is 3.21. The second-order valence-electron chi connectivity index (χ2n) is 3.49. The molecule has 1 atom stereocenters. The molecule has 1 aromatic rings. The highest BCUT2D eigenvalue weighted by Crippen LogP contribution is 2.34. The third kappa shape index (κ3) is 4.09. The molecular weight excluding hydrogens is 350 g/mol. The number of halogens is 5. The molecule has 8 heteroatoms. The van der Waals surface area contributed by atoms with Crippen LogP contribution in [-0.2, 0) is 9.53 Å². The number of rotatable bonds is 4. The van der Waals surface area contributed by atoms with Gasteiger partial charge in [0.1, 0.15) is 11.9 Å². The van der Waals surface area contributed by atoms with Crippen molar-refractivity contribution < 1.29 is 22.7 Å². The molecule has 0 fully saturated rings. The van der Waals surface area contributed by atoms with Gasteiger partial charge in [-0.2, -0.15) is 8.78 Å². The molecule has 19 heavy (non-hydrogen) atoms. The van der Waals surface area contributed by atoms with Gasteiger partial charge in [0.25, 0.3) is 0 Å². The molecule has 0 aromatic heterocycles. The highest BCUT2D eigenvalue weighted by molar-refractivity contribution is 9.10. The molecule has 0 saturated carbocycles. The topological polar surface area (TPSA) is 52.3 Å². The molecule has 0 unspecified atom stereocenters. The van der Waals surface area contributed by atoms with Gasteiger partial charge in [0.2, 0.25) is 0 Å². The van der Waals surface area contributed by atoms with E-state index in [4.69, 9.17) is 5.73 Å². The minimum atomic E-state index is -3.88. The Bertz CT molecular complexity index is 460. The van der Waals surface area contributed by atoms with Gasteiger partial charge in [0.05, 0.1) is 6.61 Å². The number of hydrogen-bond donors (Lipinski definition) is 1. The van der Waals surface area contributed by atoms with Crippen molar-refractivity contribution in [3.8, 4) is 0 Å². The third-order valence-electron chi connectivity index (χ3n) is 2.24. The largest absolute Gasteiger partial charge is 0.462 e. The Balaban J connectivity index is 0.00000324. The van der Waals surface area contributed by atoms with E-state index in [9.17, 15) is 18.0 Å². The van der Waals surface area contributed by atoms with Crippen molar-refractivity contribution >= 4 is 34.3 Å². The van der Waals surface area contributed by atoms with Crippen LogP contribution in [0.2, 0.25) is 0 Å². The molecular formula is C11H12BrClF3NO2. The summed E-state index contributed by atoms with van der Waals surface area (Å²) in [5.41, 5.74) is 5.28. The normalized spacial score (nSPS) is 12.5. The molecule has 2 N–H and O–H groups in total. The fraction of sp³-hybridized carbons (Fsp3) is 0.364. The van der Waals surface area contributed by atoms with Gasteiger partial charge in [-0.05, 0) is 24.6 Å². The first-order chi connectivity index (χ1) is 8.30. The number of hydrogen-bond acceptors (Lipinski definition) is 3. The lowest BCUT2D eigenvalue weighted by molar-refractivity contribution is -0.174. The van der Waals surface area contributed by atoms with Crippen LogP contribution in [0.25, 0.3) is 0 Å². The summed E-state index contributed by atoms with van der Waals surface area (Å²) in [4.78, 5) is 11.1. The van der Waals surface area contributed by atoms with Gasteiger partial charge in [-0.25, -0.2) is 9.18 Å². The van der Waals surface area contributed by atoms with Crippen LogP contribution in [0.15, 0.2) is 22.7 Å². The zero-order valence-corrected chi connectivity index (χ0v) is 12.2. The molecule has 0 aliphatic carbocycles. The molecule has 0 bridgehead atoms. The highest BCUT2D eigenvalue weighted by atomic mass is 79.9. The van der Waals surface area contributed by atoms with Crippen molar-refractivity contribution in [2.45, 2.75) is 18.9 Å². The molecule has 0 saturated heterocycles. The van der Waals surface area contributed by atoms with Gasteiger partial charge in [0.15, 0.2) is 0 Å². The van der Waals surface area contributed by atoms with E-state index < -0.39 is 23.8 Å². The smallest absolute Gasteiger partial charge is 0.379 e. The molecule has 108 valence electrons. The Kier molecular flexibility index (Phi) is 6.82. The van der Waals surface area contributed by atoms with E-state index in [1.807, 2.05) is 0 Å². The lowest BCUT2D eigenvalue weighted by Gasteiger charge is -2.22. The number of benzene rings is 1. The minimum absolute atomic E-state index is 0. The summed E-state index contributed by atoms with van der Waals surface area (Å²) in [6.07, 6.45) is 0. The number of esters is 1. The van der Waals surface area contributed by atoms with Crippen molar-refractivity contribution in [3.63, 3.8) is 0 Å². The lowest BCUT2D eigenvalue weighted by Crippen LogP contribution is -2.41. The second kappa shape index (κ2) is 7.12. The fourth-order valence-electron chi connectivity index (χ4n) is 1.30. The van der Waals surface area contributed by atoms with Crippen molar-refractivity contribution in [2.24, 2.45) is 5.73 Å². The molecule has 0 aliphatic rings. The quantitative estimate of drug-likeness (QED) is 0.837. The number of carbonyl (C=O) groups excluding carboxylic acids is 1. The summed E-state index contributed by atoms with van der Waals surface area (Å²) in [7, 11) is 0. The van der Waals surface area contributed by atoms with Gasteiger partial charge < -0.3 is 10.5 Å². The van der Waals surface area contributed by atoms with Crippen LogP contribution in [0.5, 0.6) is 0 Å². The van der Waals surface area contributed by atoms with E-state index >= 15 is 0 Å². The monoisotopic (exact) mass is 361 g/mol. The van der Waals surface area contributed by atoms with Crippen LogP contribution >= 0.6 is 28.3 Å². The lowest BCUT2D eigenvalue weighted by atomic mass is 10.0. The Morgan fingerprint density at radius 2 is 2.11 bits per heavy atom. The molecule has 0 heterocycles. The van der Waals surface area contributed by atoms with Crippen molar-refractivity contribution in [1.82, 2.24) is 0 Å². The first kappa shape index (κ1) is 18.2. The molecule has 0 aliphatic heterocycles. The van der Waals surface area contributed by atoms with Gasteiger partial charge >= 0.3 is 11.9 Å². The van der Waals surface area contributed by atoms with E-state index in [0.29, 0.717) is 0 Å². The number of ether oxygens (including phenoxy) is 1. The second-order valence-corrected chi connectivity index (χ2v) is 4.34. The summed E-state index contributed by atoms with van der Waals surface area (Å²) in [5.74, 6) is -6.18. The van der Waals surface area contributed by atoms with Crippen molar-refractivity contribution in [1.29, 1.82) is 0 Å². The van der Waals surface area contributed by atoms with Gasteiger partial charge in [-0.1, -0.05) is 22.0 Å². The summed E-state index contributed by atoms with van der Waals surface area (Å²) in [6, 6.07) is 1.17. The molecule has 0 spiro atoms. The first-order valence-corrected chi connectivity index (χ1v) is 5.85. The van der Waals surface area contributed by atoms with Crippen LogP contribution in [0.3, 0.4) is 0 Å². The molecule has 1 rings (SSSR count). The standard InChI is InChI=1S/C11H11BrF3NO2.ClH/c1-2-18-10(17)11(14,15)9(16)7-4-3-6(13)5-8(7)12;/h3-5,9H,2,16H2,1H3;1H/t9-;/m0./s1. The summed E-state index contributed by atoms with van der Waals surface area (Å²) in [5, 5.41) is 0. The average Bonchev–Trinajstić information content (AvgIpc) is 2.28. The zero-order valence-electron chi connectivity index (χ0n) is 9.83. The maximum absolute atomic E-state index is 13.6. The van der Waals surface area contributed by atoms with E-state index in [0.717, 1.165) is 18.2 Å². The first-order valence-electron chi connectivity index (χ1n) is 5.06. The Morgan fingerprint density at radius 3 is 2.58 bits per heavy atom. The van der Waals surface area contributed by atoms with Crippen LogP contribution < -0.4 is 5.73 Å². The maximum atomic E-state index is 13.6. The predicted molar refractivity (Wildman–Crippen MR) is 69.9 cm³/mol. The highest BCUT2D eigenvalue weighted by Gasteiger charge is 2.48. The number of alkyl halides is 2. The number of carbonyl (C=O) groups is 1. The Morgan fingerprint density at radius 1 is 1.53 bits per heavy atom. The number of nitrogens with two attached hydrogens (primary N) is 1. The zero-order chi connectivity index (χ0) is 13.9.